The van der Waals surface area contributed by atoms with Gasteiger partial charge < -0.3 is 10.4 Å². The summed E-state index contributed by atoms with van der Waals surface area (Å²) in [7, 11) is 0. The van der Waals surface area contributed by atoms with Gasteiger partial charge in [-0.05, 0) is 55.2 Å². The van der Waals surface area contributed by atoms with Crippen molar-refractivity contribution in [3.63, 3.8) is 0 Å². The number of nitrogens with one attached hydrogen (secondary N) is 1. The topological polar surface area (TPSA) is 73.1 Å². The van der Waals surface area contributed by atoms with Crippen LogP contribution in [0.1, 0.15) is 23.6 Å². The number of nitriles is 1. The van der Waals surface area contributed by atoms with E-state index in [1.807, 2.05) is 44.2 Å². The molecule has 0 spiro atoms. The highest BCUT2D eigenvalue weighted by Gasteiger charge is 2.13. The van der Waals surface area contributed by atoms with E-state index in [9.17, 15) is 15.2 Å². The fourth-order valence-corrected chi connectivity index (χ4v) is 2.45. The van der Waals surface area contributed by atoms with Crippen LogP contribution in [0.15, 0.2) is 54.1 Å². The molecule has 1 atom stereocenters. The molecule has 0 aliphatic heterocycles. The smallest absolute Gasteiger partial charge is 0.262 e. The highest BCUT2D eigenvalue weighted by atomic mass is 16.3. The van der Waals surface area contributed by atoms with Crippen molar-refractivity contribution < 1.29 is 9.90 Å². The number of nitrogens with zero attached hydrogens (tertiary/aromatic N) is 1. The van der Waals surface area contributed by atoms with E-state index in [-0.39, 0.29) is 17.4 Å². The van der Waals surface area contributed by atoms with Crippen molar-refractivity contribution in [2.45, 2.75) is 26.3 Å². The maximum atomic E-state index is 12.3. The first-order chi connectivity index (χ1) is 11.5. The first-order valence-electron chi connectivity index (χ1n) is 7.76. The summed E-state index contributed by atoms with van der Waals surface area (Å²) in [5.74, 6) is -0.323. The lowest BCUT2D eigenvalue weighted by molar-refractivity contribution is -0.117. The first kappa shape index (κ1) is 17.3. The Kier molecular flexibility index (Phi) is 5.75. The molecule has 2 rings (SSSR count). The summed E-state index contributed by atoms with van der Waals surface area (Å²) >= 11 is 0. The minimum absolute atomic E-state index is 0.0113. The highest BCUT2D eigenvalue weighted by molar-refractivity contribution is 6.01. The number of hydrogen-bond acceptors (Lipinski definition) is 3. The molecule has 24 heavy (non-hydrogen) atoms. The van der Waals surface area contributed by atoms with Gasteiger partial charge in [0, 0.05) is 6.04 Å². The lowest BCUT2D eigenvalue weighted by Gasteiger charge is -2.15. The molecule has 1 unspecified atom stereocenters. The van der Waals surface area contributed by atoms with Crippen molar-refractivity contribution in [1.29, 1.82) is 5.26 Å². The van der Waals surface area contributed by atoms with Gasteiger partial charge in [-0.1, -0.05) is 36.4 Å². The SMILES string of the molecule is Cc1ccccc1CC(C)NC(=O)/C(C#N)=C/c1cccc(O)c1. The molecule has 0 aliphatic carbocycles. The number of rotatable bonds is 5. The van der Waals surface area contributed by atoms with E-state index in [0.29, 0.717) is 12.0 Å². The minimum atomic E-state index is -0.415. The van der Waals surface area contributed by atoms with Gasteiger partial charge in [0.05, 0.1) is 0 Å². The maximum absolute atomic E-state index is 12.3. The summed E-state index contributed by atoms with van der Waals surface area (Å²) in [6.45, 7) is 3.94. The zero-order valence-electron chi connectivity index (χ0n) is 13.8. The molecule has 2 N–H and O–H groups in total. The Morgan fingerprint density at radius 1 is 1.29 bits per heavy atom. The quantitative estimate of drug-likeness (QED) is 0.655. The molecule has 0 heterocycles. The van der Waals surface area contributed by atoms with Gasteiger partial charge >= 0.3 is 0 Å². The molecular weight excluding hydrogens is 300 g/mol. The molecule has 4 heteroatoms. The fourth-order valence-electron chi connectivity index (χ4n) is 2.45. The Labute approximate surface area is 142 Å². The minimum Gasteiger partial charge on any atom is -0.508 e. The molecule has 122 valence electrons. The monoisotopic (exact) mass is 320 g/mol. The Bertz CT molecular complexity index is 803. The van der Waals surface area contributed by atoms with Gasteiger partial charge in [-0.3, -0.25) is 4.79 Å². The average Bonchev–Trinajstić information content (AvgIpc) is 2.54. The Morgan fingerprint density at radius 2 is 2.04 bits per heavy atom. The third kappa shape index (κ3) is 4.72. The Balaban J connectivity index is 2.07. The molecule has 0 radical (unpaired) electrons. The van der Waals surface area contributed by atoms with Crippen molar-refractivity contribution in [2.24, 2.45) is 0 Å². The molecule has 0 saturated carbocycles. The summed E-state index contributed by atoms with van der Waals surface area (Å²) in [4.78, 5) is 12.3. The van der Waals surface area contributed by atoms with Crippen LogP contribution in [-0.2, 0) is 11.2 Å². The van der Waals surface area contributed by atoms with Crippen molar-refractivity contribution in [1.82, 2.24) is 5.32 Å². The molecule has 0 fully saturated rings. The van der Waals surface area contributed by atoms with Crippen LogP contribution < -0.4 is 5.32 Å². The first-order valence-corrected chi connectivity index (χ1v) is 7.76. The standard InChI is InChI=1S/C20H20N2O2/c1-14-6-3-4-8-17(14)10-15(2)22-20(24)18(13-21)11-16-7-5-9-19(23)12-16/h3-9,11-12,15,23H,10H2,1-2H3,(H,22,24)/b18-11+. The van der Waals surface area contributed by atoms with Crippen LogP contribution in [0.5, 0.6) is 5.75 Å². The van der Waals surface area contributed by atoms with Crippen LogP contribution >= 0.6 is 0 Å². The van der Waals surface area contributed by atoms with Crippen LogP contribution in [0.4, 0.5) is 0 Å². The van der Waals surface area contributed by atoms with Gasteiger partial charge in [0.2, 0.25) is 0 Å². The van der Waals surface area contributed by atoms with E-state index in [1.54, 1.807) is 12.1 Å². The molecule has 4 nitrogen and oxygen atoms in total. The average molecular weight is 320 g/mol. The summed E-state index contributed by atoms with van der Waals surface area (Å²) in [6, 6.07) is 16.3. The van der Waals surface area contributed by atoms with E-state index in [2.05, 4.69) is 5.32 Å². The fraction of sp³-hybridized carbons (Fsp3) is 0.200. The molecular formula is C20H20N2O2. The Hall–Kier alpha value is -3.06. The van der Waals surface area contributed by atoms with E-state index < -0.39 is 5.91 Å². The molecule has 0 bridgehead atoms. The summed E-state index contributed by atoms with van der Waals surface area (Å²) in [6.07, 6.45) is 2.17. The van der Waals surface area contributed by atoms with Crippen molar-refractivity contribution in [2.75, 3.05) is 0 Å². The molecule has 0 saturated heterocycles. The molecule has 2 aromatic carbocycles. The number of phenols is 1. The molecule has 1 amide bonds. The number of aryl methyl sites for hydroxylation is 1. The van der Waals surface area contributed by atoms with Crippen molar-refractivity contribution in [3.8, 4) is 11.8 Å². The second-order valence-electron chi connectivity index (χ2n) is 5.77. The van der Waals surface area contributed by atoms with Crippen LogP contribution in [0.2, 0.25) is 0 Å². The Morgan fingerprint density at radius 3 is 2.71 bits per heavy atom. The van der Waals surface area contributed by atoms with Gasteiger partial charge in [0.25, 0.3) is 5.91 Å². The number of carbonyl (C=O) groups is 1. The lowest BCUT2D eigenvalue weighted by Crippen LogP contribution is -2.35. The van der Waals surface area contributed by atoms with Crippen LogP contribution in [0.3, 0.4) is 0 Å². The summed E-state index contributed by atoms with van der Waals surface area (Å²) < 4.78 is 0. The largest absolute Gasteiger partial charge is 0.508 e. The van der Waals surface area contributed by atoms with Crippen LogP contribution in [0.25, 0.3) is 6.08 Å². The van der Waals surface area contributed by atoms with Crippen molar-refractivity contribution >= 4 is 12.0 Å². The number of carbonyl (C=O) groups excluding carboxylic acids is 1. The van der Waals surface area contributed by atoms with Gasteiger partial charge in [-0.25, -0.2) is 0 Å². The predicted octanol–water partition coefficient (Wildman–Crippen LogP) is 3.36. The number of aromatic hydroxyl groups is 1. The lowest BCUT2D eigenvalue weighted by atomic mass is 10.0. The number of amides is 1. The number of phenolic OH excluding ortho intramolecular Hbond substituents is 1. The molecule has 0 aromatic heterocycles. The predicted molar refractivity (Wildman–Crippen MR) is 94.2 cm³/mol. The van der Waals surface area contributed by atoms with Gasteiger partial charge in [-0.2, -0.15) is 5.26 Å². The second kappa shape index (κ2) is 7.98. The third-order valence-corrected chi connectivity index (χ3v) is 3.71. The normalized spacial score (nSPS) is 12.3. The van der Waals surface area contributed by atoms with E-state index in [1.165, 1.54) is 29.3 Å². The maximum Gasteiger partial charge on any atom is 0.262 e. The van der Waals surface area contributed by atoms with Gasteiger partial charge in [0.15, 0.2) is 0 Å². The van der Waals surface area contributed by atoms with E-state index >= 15 is 0 Å². The zero-order valence-corrected chi connectivity index (χ0v) is 13.8. The zero-order chi connectivity index (χ0) is 17.5. The number of hydrogen-bond donors (Lipinski definition) is 2. The van der Waals surface area contributed by atoms with Gasteiger partial charge in [0.1, 0.15) is 17.4 Å². The summed E-state index contributed by atoms with van der Waals surface area (Å²) in [5, 5.41) is 21.5. The second-order valence-corrected chi connectivity index (χ2v) is 5.77. The van der Waals surface area contributed by atoms with Crippen molar-refractivity contribution in [3.05, 3.63) is 70.8 Å². The van der Waals surface area contributed by atoms with Crippen LogP contribution in [0, 0.1) is 18.3 Å². The third-order valence-electron chi connectivity index (χ3n) is 3.71. The molecule has 0 aliphatic rings. The van der Waals surface area contributed by atoms with E-state index in [0.717, 1.165) is 0 Å². The highest BCUT2D eigenvalue weighted by Crippen LogP contribution is 2.14. The number of benzene rings is 2. The summed E-state index contributed by atoms with van der Waals surface area (Å²) in [5.41, 5.74) is 2.96. The van der Waals surface area contributed by atoms with Crippen LogP contribution in [-0.4, -0.2) is 17.1 Å². The van der Waals surface area contributed by atoms with E-state index in [4.69, 9.17) is 0 Å². The van der Waals surface area contributed by atoms with Gasteiger partial charge in [-0.15, -0.1) is 0 Å². The molecule has 2 aromatic rings.